The minimum absolute atomic E-state index is 0. The Bertz CT molecular complexity index is 5980. The largest absolute Gasteiger partial charge is 4.00 e. The van der Waals surface area contributed by atoms with Crippen molar-refractivity contribution in [2.45, 2.75) is 55.4 Å². The molecule has 0 amide bonds. The van der Waals surface area contributed by atoms with Crippen molar-refractivity contribution >= 4 is 22.7 Å². The second-order valence-electron chi connectivity index (χ2n) is 28.7. The predicted octanol–water partition coefficient (Wildman–Crippen LogP) is 24.3. The minimum Gasteiger partial charge on any atom is 4.00 e. The van der Waals surface area contributed by atoms with E-state index in [-0.39, 0.29) is 21.1 Å². The molecule has 0 spiro atoms. The van der Waals surface area contributed by atoms with Crippen molar-refractivity contribution in [2.75, 3.05) is 0 Å². The zero-order chi connectivity index (χ0) is 89.2. The summed E-state index contributed by atoms with van der Waals surface area (Å²) < 4.78 is 28.4. The molecule has 0 unspecified atom stereocenters. The second-order valence-corrected chi connectivity index (χ2v) is 28.7. The van der Waals surface area contributed by atoms with Crippen molar-refractivity contribution in [3.05, 3.63) is 435 Å². The molecule has 0 saturated heterocycles. The van der Waals surface area contributed by atoms with E-state index in [0.29, 0.717) is 20.3 Å². The van der Waals surface area contributed by atoms with Gasteiger partial charge in [0.15, 0.2) is 0 Å². The first-order valence-corrected chi connectivity index (χ1v) is 48.2. The average Bonchev–Trinajstić information content (AvgIpc) is 1.67. The third kappa shape index (κ3) is 23.5. The van der Waals surface area contributed by atoms with Crippen molar-refractivity contribution in [1.82, 2.24) is 43.6 Å². The number of halogens is 3. The summed E-state index contributed by atoms with van der Waals surface area (Å²) in [6.07, 6.45) is 14.2. The van der Waals surface area contributed by atoms with E-state index in [4.69, 9.17) is 31.7 Å². The second kappa shape index (κ2) is 47.0. The van der Waals surface area contributed by atoms with E-state index in [1.807, 2.05) is 267 Å². The number of nitrogens with zero attached hydrogens (tertiary/aromatic N) is 12. The molecule has 13 aromatic carbocycles. The molecule has 643 valence electrons. The number of benzene rings is 13. The molecule has 0 aliphatic carbocycles. The summed E-state index contributed by atoms with van der Waals surface area (Å²) in [6, 6.07) is 130. The van der Waals surface area contributed by atoms with E-state index in [2.05, 4.69) is 264 Å². The normalized spacial score (nSPS) is 10.4. The summed E-state index contributed by atoms with van der Waals surface area (Å²) in [4.78, 5) is 0. The number of aromatic nitrogens is 11. The number of imidazole rings is 2. The van der Waals surface area contributed by atoms with E-state index >= 15 is 0 Å². The fourth-order valence-corrected chi connectivity index (χ4v) is 14.9. The Morgan fingerprint density at radius 3 is 0.803 bits per heavy atom. The zero-order valence-corrected chi connectivity index (χ0v) is 82.0. The van der Waals surface area contributed by atoms with Crippen LogP contribution in [0.1, 0.15) is 45.6 Å². The third-order valence-corrected chi connectivity index (χ3v) is 20.4. The van der Waals surface area contributed by atoms with Crippen LogP contribution in [0, 0.1) is 141 Å². The maximum atomic E-state index is 9.47. The molecule has 13 nitrogen and oxygen atoms in total. The SMILES string of the molecule is Cc1nn(-c2ccccc2)c(C)c1-c1cc(-c2[c-]cccc2)[c-]c(-c2[c-]cccc2)c1.Cc1nn(-c2ccccc2)c(C)c1-c1cc(-c2[c-]cccc2)[c-]c(-c2[c-]cccc2)c1.Cc1nn(-c2ccccc2)c(C)c1-c1cc(-c2[c-]cccc2)[c-]c(-c2[c-]cccc2)c1.Cc1noc(C)c1-c1cc(-n2[c-][n+](C)cc2)[c-]c(-n2[c-][n+](C)cc2)c1.[Br][Pt].[C-]#N.[Cl][Pt].[F][Pt].[Pt+4]. The van der Waals surface area contributed by atoms with Gasteiger partial charge in [0, 0.05) is 64.1 Å². The van der Waals surface area contributed by atoms with Crippen LogP contribution < -0.4 is 9.13 Å². The number of hydrogen-bond acceptors (Lipinski definition) is 6. The monoisotopic (exact) mass is 2460 g/mol. The van der Waals surface area contributed by atoms with Crippen LogP contribution in [0.15, 0.2) is 314 Å². The Hall–Kier alpha value is -11.9. The van der Waals surface area contributed by atoms with Crippen LogP contribution in [0.2, 0.25) is 0 Å². The van der Waals surface area contributed by atoms with Gasteiger partial charge in [0.05, 0.1) is 53.9 Å². The van der Waals surface area contributed by atoms with E-state index in [0.717, 1.165) is 185 Å². The molecule has 0 N–H and O–H groups in total. The fourth-order valence-electron chi connectivity index (χ4n) is 14.9. The molecule has 127 heavy (non-hydrogen) atoms. The summed E-state index contributed by atoms with van der Waals surface area (Å²) in [6.45, 7) is 21.2. The van der Waals surface area contributed by atoms with Gasteiger partial charge in [-0.1, -0.05) is 87.8 Å². The molecule has 0 atom stereocenters. The Labute approximate surface area is 803 Å². The van der Waals surface area contributed by atoms with Crippen molar-refractivity contribution in [1.29, 1.82) is 5.26 Å². The van der Waals surface area contributed by atoms with Crippen molar-refractivity contribution in [3.63, 3.8) is 0 Å². The first kappa shape index (κ1) is 95.7. The Morgan fingerprint density at radius 2 is 0.591 bits per heavy atom. The molecule has 0 fully saturated rings. The van der Waals surface area contributed by atoms with Gasteiger partial charge >= 0.3 is 104 Å². The molecule has 20 heteroatoms. The summed E-state index contributed by atoms with van der Waals surface area (Å²) in [5, 5.41) is 24.9. The van der Waals surface area contributed by atoms with Crippen LogP contribution in [0.25, 0.3) is 140 Å². The van der Waals surface area contributed by atoms with Crippen LogP contribution in [-0.4, -0.2) is 43.6 Å². The number of rotatable bonds is 15. The summed E-state index contributed by atoms with van der Waals surface area (Å²) >= 11 is 7.11. The molecule has 0 aliphatic heterocycles. The van der Waals surface area contributed by atoms with Crippen LogP contribution in [-0.2, 0) is 92.0 Å². The minimum atomic E-state index is 0. The van der Waals surface area contributed by atoms with Gasteiger partial charge in [0.1, 0.15) is 5.76 Å². The van der Waals surface area contributed by atoms with Crippen LogP contribution in [0.4, 0.5) is 3.16 Å². The standard InChI is InChI=1S/3C29H21N2.C19H18N5O.CN.BrH.ClH.FH.4Pt/c3*1-21-29(22(2)31(30-21)28-16-10-5-11-17-28)27-19-25(23-12-6-3-7-13-23)18-26(20-27)24-14-8-4-9-15-24;1-14-19(15(2)25-20-14)16-9-17(23-7-5-21(3)12-23)11-18(10-16)24-8-6-22(4)13-24;1-2;;;;;;;/h3*3-12,14,16-17,19-20H,1-2H3;5-10H,1-4H3;;3*1H;;;;/q3*-3;2*-1;;;;3*+1;+4/p-3. The van der Waals surface area contributed by atoms with Gasteiger partial charge in [-0.15, -0.1) is 42.0 Å². The molecule has 0 radical (unpaired) electrons. The van der Waals surface area contributed by atoms with Crippen LogP contribution >= 0.6 is 22.7 Å². The topological polar surface area (TPSA) is 121 Å². The van der Waals surface area contributed by atoms with Gasteiger partial charge in [-0.05, 0) is 91.8 Å². The quantitative estimate of drug-likeness (QED) is 0.0744. The summed E-state index contributed by atoms with van der Waals surface area (Å²) in [7, 11) is 8.49. The van der Waals surface area contributed by atoms with Crippen molar-refractivity contribution < 1.29 is 94.7 Å². The van der Waals surface area contributed by atoms with Gasteiger partial charge in [0.2, 0.25) is 12.7 Å². The Morgan fingerprint density at radius 1 is 0.346 bits per heavy atom. The Balaban J connectivity index is 0.000000160. The zero-order valence-electron chi connectivity index (χ0n) is 70.6. The van der Waals surface area contributed by atoms with Crippen LogP contribution in [0.3, 0.4) is 0 Å². The molecular weight excluding hydrogens is 2380 g/mol. The van der Waals surface area contributed by atoms with Gasteiger partial charge in [-0.2, -0.15) is 215 Å². The van der Waals surface area contributed by atoms with Crippen LogP contribution in [0.5, 0.6) is 0 Å². The van der Waals surface area contributed by atoms with Crippen molar-refractivity contribution in [2.24, 2.45) is 14.1 Å². The predicted molar refractivity (Wildman–Crippen MR) is 487 cm³/mol. The van der Waals surface area contributed by atoms with E-state index in [1.165, 1.54) is 0 Å². The Kier molecular flexibility index (Phi) is 35.4. The van der Waals surface area contributed by atoms with Gasteiger partial charge < -0.3 is 34.6 Å². The van der Waals surface area contributed by atoms with E-state index in [1.54, 1.807) is 18.8 Å². The number of hydrogen-bond donors (Lipinski definition) is 0. The summed E-state index contributed by atoms with van der Waals surface area (Å²) in [5.41, 5.74) is 33.2. The van der Waals surface area contributed by atoms with E-state index < -0.39 is 0 Å². The smallest absolute Gasteiger partial charge is 4.00 e. The third-order valence-electron chi connectivity index (χ3n) is 20.4. The van der Waals surface area contributed by atoms with Gasteiger partial charge in [-0.25, -0.2) is 99.0 Å². The molecule has 19 aromatic rings. The molecule has 0 saturated carbocycles. The maximum Gasteiger partial charge on any atom is 4.00 e. The first-order chi connectivity index (χ1) is 61.6. The maximum absolute atomic E-state index is 9.47. The molecule has 6 heterocycles. The first-order valence-electron chi connectivity index (χ1n) is 39.6. The molecule has 0 bridgehead atoms. The van der Waals surface area contributed by atoms with Gasteiger partial charge in [-0.3, -0.25) is 0 Å². The molecule has 19 rings (SSSR count). The van der Waals surface area contributed by atoms with Gasteiger partial charge in [0.25, 0.3) is 0 Å². The fraction of sp³-hybridized carbons (Fsp3) is 0.0935. The van der Waals surface area contributed by atoms with E-state index in [9.17, 15) is 3.16 Å². The molecule has 6 aromatic heterocycles. The average molecular weight is 2470 g/mol. The number of para-hydroxylation sites is 3. The number of aryl methyl sites for hydroxylation is 7. The molecule has 0 aliphatic rings. The molecular formula is C107H81BrClFN12OPt4-7. The summed E-state index contributed by atoms with van der Waals surface area (Å²) in [5.74, 6) is 0.796. The van der Waals surface area contributed by atoms with Crippen molar-refractivity contribution in [3.8, 4) is 140 Å².